The highest BCUT2D eigenvalue weighted by Crippen LogP contribution is 2.33. The first-order chi connectivity index (χ1) is 12.9. The van der Waals surface area contributed by atoms with Gasteiger partial charge in [-0.25, -0.2) is 0 Å². The minimum Gasteiger partial charge on any atom is -0.491 e. The van der Waals surface area contributed by atoms with Gasteiger partial charge >= 0.3 is 0 Å². The van der Waals surface area contributed by atoms with E-state index in [0.29, 0.717) is 23.4 Å². The van der Waals surface area contributed by atoms with Gasteiger partial charge in [0.1, 0.15) is 17.5 Å². The molecule has 0 aliphatic carbocycles. The number of benzene rings is 2. The van der Waals surface area contributed by atoms with Crippen molar-refractivity contribution in [2.45, 2.75) is 40.3 Å². The Balaban J connectivity index is 2.43. The number of fused-ring (bicyclic) bond motifs is 1. The molecule has 0 saturated carbocycles. The quantitative estimate of drug-likeness (QED) is 0.644. The average molecular weight is 360 g/mol. The van der Waals surface area contributed by atoms with Crippen LogP contribution in [0.15, 0.2) is 53.3 Å². The zero-order valence-corrected chi connectivity index (χ0v) is 16.2. The highest BCUT2D eigenvalue weighted by molar-refractivity contribution is 5.99. The molecule has 0 aliphatic rings. The SMILES string of the molecule is CC(C)Cn1c(C#N)c(-c2ccccc2)c2cc(OC(C)C)ccc2c1=O. The van der Waals surface area contributed by atoms with Crippen molar-refractivity contribution in [3.63, 3.8) is 0 Å². The van der Waals surface area contributed by atoms with E-state index in [0.717, 1.165) is 16.5 Å². The van der Waals surface area contributed by atoms with E-state index < -0.39 is 0 Å². The first-order valence-corrected chi connectivity index (χ1v) is 9.25. The summed E-state index contributed by atoms with van der Waals surface area (Å²) in [6.07, 6.45) is 0.0272. The van der Waals surface area contributed by atoms with Gasteiger partial charge in [0.15, 0.2) is 0 Å². The number of hydrogen-bond donors (Lipinski definition) is 0. The van der Waals surface area contributed by atoms with Gasteiger partial charge in [0.05, 0.1) is 6.10 Å². The van der Waals surface area contributed by atoms with Gasteiger partial charge in [0.25, 0.3) is 5.56 Å². The summed E-state index contributed by atoms with van der Waals surface area (Å²) in [6, 6.07) is 17.5. The molecule has 2 aromatic carbocycles. The van der Waals surface area contributed by atoms with E-state index in [4.69, 9.17) is 4.74 Å². The fraction of sp³-hybridized carbons (Fsp3) is 0.304. The second kappa shape index (κ2) is 7.67. The van der Waals surface area contributed by atoms with Crippen molar-refractivity contribution in [2.24, 2.45) is 5.92 Å². The van der Waals surface area contributed by atoms with Crippen molar-refractivity contribution in [3.05, 3.63) is 64.6 Å². The van der Waals surface area contributed by atoms with E-state index in [1.54, 1.807) is 10.6 Å². The Morgan fingerprint density at radius 1 is 1.04 bits per heavy atom. The minimum absolute atomic E-state index is 0.0272. The Hall–Kier alpha value is -3.06. The molecule has 27 heavy (non-hydrogen) atoms. The molecule has 4 heteroatoms. The molecular weight excluding hydrogens is 336 g/mol. The predicted octanol–water partition coefficient (Wildman–Crippen LogP) is 4.98. The van der Waals surface area contributed by atoms with Gasteiger partial charge < -0.3 is 4.74 Å². The lowest BCUT2D eigenvalue weighted by Gasteiger charge is -2.18. The Kier molecular flexibility index (Phi) is 5.32. The molecule has 0 atom stereocenters. The number of hydrogen-bond acceptors (Lipinski definition) is 3. The summed E-state index contributed by atoms with van der Waals surface area (Å²) >= 11 is 0. The zero-order chi connectivity index (χ0) is 19.6. The Morgan fingerprint density at radius 2 is 1.74 bits per heavy atom. The number of aromatic nitrogens is 1. The monoisotopic (exact) mass is 360 g/mol. The van der Waals surface area contributed by atoms with E-state index in [-0.39, 0.29) is 17.6 Å². The predicted molar refractivity (Wildman–Crippen MR) is 109 cm³/mol. The van der Waals surface area contributed by atoms with Crippen LogP contribution < -0.4 is 10.3 Å². The first kappa shape index (κ1) is 18.7. The molecule has 0 N–H and O–H groups in total. The molecule has 3 rings (SSSR count). The molecule has 1 heterocycles. The lowest BCUT2D eigenvalue weighted by atomic mass is 9.96. The molecule has 0 aliphatic heterocycles. The molecule has 0 spiro atoms. The highest BCUT2D eigenvalue weighted by Gasteiger charge is 2.19. The molecule has 4 nitrogen and oxygen atoms in total. The maximum Gasteiger partial charge on any atom is 0.259 e. The standard InChI is InChI=1S/C23H24N2O2/c1-15(2)14-25-21(13-24)22(17-8-6-5-7-9-17)20-12-18(27-16(3)4)10-11-19(20)23(25)26/h5-12,15-16H,14H2,1-4H3. The van der Waals surface area contributed by atoms with Crippen LogP contribution in [-0.2, 0) is 6.54 Å². The topological polar surface area (TPSA) is 55.0 Å². The number of rotatable bonds is 5. The summed E-state index contributed by atoms with van der Waals surface area (Å²) in [5.74, 6) is 0.944. The third-order valence-corrected chi connectivity index (χ3v) is 4.33. The van der Waals surface area contributed by atoms with E-state index in [1.807, 2.05) is 70.2 Å². The lowest BCUT2D eigenvalue weighted by molar-refractivity contribution is 0.243. The van der Waals surface area contributed by atoms with Crippen LogP contribution in [0.4, 0.5) is 0 Å². The molecule has 0 amide bonds. The Morgan fingerprint density at radius 3 is 2.33 bits per heavy atom. The number of ether oxygens (including phenoxy) is 1. The normalized spacial score (nSPS) is 11.1. The fourth-order valence-electron chi connectivity index (χ4n) is 3.32. The van der Waals surface area contributed by atoms with Gasteiger partial charge in [-0.1, -0.05) is 44.2 Å². The molecule has 0 saturated heterocycles. The third kappa shape index (κ3) is 3.73. The summed E-state index contributed by atoms with van der Waals surface area (Å²) in [4.78, 5) is 13.1. The molecule has 0 radical (unpaired) electrons. The van der Waals surface area contributed by atoms with Gasteiger partial charge in [-0.05, 0) is 43.5 Å². The van der Waals surface area contributed by atoms with Gasteiger partial charge in [-0.2, -0.15) is 5.26 Å². The first-order valence-electron chi connectivity index (χ1n) is 9.25. The van der Waals surface area contributed by atoms with Crippen LogP contribution in [0.5, 0.6) is 5.75 Å². The van der Waals surface area contributed by atoms with Gasteiger partial charge in [-0.15, -0.1) is 0 Å². The molecule has 0 unspecified atom stereocenters. The molecule has 138 valence electrons. The van der Waals surface area contributed by atoms with E-state index in [9.17, 15) is 10.1 Å². The van der Waals surface area contributed by atoms with E-state index >= 15 is 0 Å². The van der Waals surface area contributed by atoms with Gasteiger partial charge in [0, 0.05) is 22.9 Å². The molecule has 3 aromatic rings. The molecule has 0 bridgehead atoms. The van der Waals surface area contributed by atoms with Crippen LogP contribution in [0.1, 0.15) is 33.4 Å². The maximum absolute atomic E-state index is 13.1. The molecule has 0 fully saturated rings. The van der Waals surface area contributed by atoms with Crippen molar-refractivity contribution < 1.29 is 4.74 Å². The zero-order valence-electron chi connectivity index (χ0n) is 16.2. The van der Waals surface area contributed by atoms with Crippen LogP contribution in [0, 0.1) is 17.2 Å². The van der Waals surface area contributed by atoms with Crippen molar-refractivity contribution in [1.29, 1.82) is 5.26 Å². The Bertz CT molecular complexity index is 1060. The van der Waals surface area contributed by atoms with Crippen molar-refractivity contribution in [3.8, 4) is 22.9 Å². The Labute approximate surface area is 159 Å². The second-order valence-corrected chi connectivity index (χ2v) is 7.39. The van der Waals surface area contributed by atoms with Crippen LogP contribution >= 0.6 is 0 Å². The smallest absolute Gasteiger partial charge is 0.259 e. The van der Waals surface area contributed by atoms with Crippen LogP contribution in [-0.4, -0.2) is 10.7 Å². The third-order valence-electron chi connectivity index (χ3n) is 4.33. The number of nitriles is 1. The van der Waals surface area contributed by atoms with Crippen LogP contribution in [0.3, 0.4) is 0 Å². The van der Waals surface area contributed by atoms with Crippen LogP contribution in [0.25, 0.3) is 21.9 Å². The summed E-state index contributed by atoms with van der Waals surface area (Å²) in [7, 11) is 0. The number of pyridine rings is 1. The summed E-state index contributed by atoms with van der Waals surface area (Å²) < 4.78 is 7.44. The maximum atomic E-state index is 13.1. The van der Waals surface area contributed by atoms with E-state index in [2.05, 4.69) is 6.07 Å². The average Bonchev–Trinajstić information content (AvgIpc) is 2.63. The largest absolute Gasteiger partial charge is 0.491 e. The van der Waals surface area contributed by atoms with Crippen molar-refractivity contribution in [2.75, 3.05) is 0 Å². The second-order valence-electron chi connectivity index (χ2n) is 7.39. The van der Waals surface area contributed by atoms with Gasteiger partial charge in [-0.3, -0.25) is 9.36 Å². The molecule has 1 aromatic heterocycles. The highest BCUT2D eigenvalue weighted by atomic mass is 16.5. The summed E-state index contributed by atoms with van der Waals surface area (Å²) in [5.41, 5.74) is 1.96. The number of nitrogens with zero attached hydrogens (tertiary/aromatic N) is 2. The lowest BCUT2D eigenvalue weighted by Crippen LogP contribution is -2.26. The van der Waals surface area contributed by atoms with E-state index in [1.165, 1.54) is 0 Å². The molecular formula is C23H24N2O2. The van der Waals surface area contributed by atoms with Crippen LogP contribution in [0.2, 0.25) is 0 Å². The van der Waals surface area contributed by atoms with Crippen molar-refractivity contribution in [1.82, 2.24) is 4.57 Å². The minimum atomic E-state index is -0.133. The summed E-state index contributed by atoms with van der Waals surface area (Å²) in [5, 5.41) is 11.3. The van der Waals surface area contributed by atoms with Gasteiger partial charge in [0.2, 0.25) is 0 Å². The van der Waals surface area contributed by atoms with Crippen molar-refractivity contribution >= 4 is 10.8 Å². The fourth-order valence-corrected chi connectivity index (χ4v) is 3.32. The summed E-state index contributed by atoms with van der Waals surface area (Å²) in [6.45, 7) is 8.51.